The van der Waals surface area contributed by atoms with Gasteiger partial charge >= 0.3 is 17.3 Å². The summed E-state index contributed by atoms with van der Waals surface area (Å²) in [6.45, 7) is 1.92. The van der Waals surface area contributed by atoms with E-state index in [-0.39, 0.29) is 23.5 Å². The van der Waals surface area contributed by atoms with Crippen LogP contribution in [0.15, 0.2) is 56.9 Å². The van der Waals surface area contributed by atoms with E-state index in [2.05, 4.69) is 9.97 Å². The van der Waals surface area contributed by atoms with E-state index in [4.69, 9.17) is 0 Å². The molecule has 1 fully saturated rings. The number of sulfonamides is 1. The zero-order valence-electron chi connectivity index (χ0n) is 17.4. The SMILES string of the molecule is O=c1[nH]c2ccc(S(=O)(=O)N3CCCN(Cc4ccc(C(F)(F)F)cc4)CC3)cc2[nH]c1=O. The maximum atomic E-state index is 13.2. The van der Waals surface area contributed by atoms with E-state index in [1.165, 1.54) is 34.6 Å². The Morgan fingerprint density at radius 1 is 0.848 bits per heavy atom. The molecule has 4 rings (SSSR count). The van der Waals surface area contributed by atoms with E-state index in [0.29, 0.717) is 37.1 Å². The normalized spacial score (nSPS) is 16.7. The van der Waals surface area contributed by atoms with Gasteiger partial charge in [0.25, 0.3) is 0 Å². The summed E-state index contributed by atoms with van der Waals surface area (Å²) in [4.78, 5) is 29.8. The first-order valence-corrected chi connectivity index (χ1v) is 11.6. The lowest BCUT2D eigenvalue weighted by molar-refractivity contribution is -0.137. The van der Waals surface area contributed by atoms with Crippen LogP contribution in [-0.2, 0) is 22.7 Å². The topological polar surface area (TPSA) is 106 Å². The van der Waals surface area contributed by atoms with Crippen LogP contribution in [0.25, 0.3) is 11.0 Å². The molecule has 0 bridgehead atoms. The fourth-order valence-corrected chi connectivity index (χ4v) is 5.30. The summed E-state index contributed by atoms with van der Waals surface area (Å²) in [5.74, 6) is 0. The molecule has 0 saturated carbocycles. The number of nitrogens with zero attached hydrogens (tertiary/aromatic N) is 2. The van der Waals surface area contributed by atoms with Gasteiger partial charge in [0.1, 0.15) is 0 Å². The molecular weight excluding hydrogens is 461 g/mol. The van der Waals surface area contributed by atoms with Crippen molar-refractivity contribution < 1.29 is 21.6 Å². The molecule has 0 amide bonds. The first-order chi connectivity index (χ1) is 15.5. The molecule has 2 heterocycles. The number of alkyl halides is 3. The number of hydrogen-bond acceptors (Lipinski definition) is 5. The fourth-order valence-electron chi connectivity index (χ4n) is 3.81. The molecule has 8 nitrogen and oxygen atoms in total. The Hall–Kier alpha value is -2.96. The summed E-state index contributed by atoms with van der Waals surface area (Å²) in [5, 5.41) is 0. The number of benzene rings is 2. The Bertz CT molecular complexity index is 1380. The molecule has 12 heteroatoms. The Morgan fingerprint density at radius 3 is 2.18 bits per heavy atom. The van der Waals surface area contributed by atoms with E-state index < -0.39 is 32.9 Å². The molecule has 176 valence electrons. The largest absolute Gasteiger partial charge is 0.416 e. The van der Waals surface area contributed by atoms with E-state index in [1.54, 1.807) is 0 Å². The number of fused-ring (bicyclic) bond motifs is 1. The molecule has 1 aromatic heterocycles. The van der Waals surface area contributed by atoms with Crippen LogP contribution in [0.5, 0.6) is 0 Å². The molecule has 1 aliphatic rings. The van der Waals surface area contributed by atoms with Crippen molar-refractivity contribution in [2.75, 3.05) is 26.2 Å². The molecule has 0 unspecified atom stereocenters. The zero-order chi connectivity index (χ0) is 23.8. The highest BCUT2D eigenvalue weighted by molar-refractivity contribution is 7.89. The van der Waals surface area contributed by atoms with Crippen LogP contribution in [0.3, 0.4) is 0 Å². The number of hydrogen-bond donors (Lipinski definition) is 2. The second-order valence-corrected chi connectivity index (χ2v) is 9.78. The van der Waals surface area contributed by atoms with Crippen molar-refractivity contribution in [1.82, 2.24) is 19.2 Å². The average molecular weight is 482 g/mol. The highest BCUT2D eigenvalue weighted by Gasteiger charge is 2.30. The van der Waals surface area contributed by atoms with Gasteiger partial charge in [-0.2, -0.15) is 17.5 Å². The van der Waals surface area contributed by atoms with Crippen LogP contribution in [0, 0.1) is 0 Å². The maximum absolute atomic E-state index is 13.2. The molecule has 0 radical (unpaired) electrons. The number of halogens is 3. The zero-order valence-corrected chi connectivity index (χ0v) is 18.2. The molecule has 0 aliphatic carbocycles. The summed E-state index contributed by atoms with van der Waals surface area (Å²) >= 11 is 0. The molecule has 2 N–H and O–H groups in total. The Morgan fingerprint density at radius 2 is 1.52 bits per heavy atom. The van der Waals surface area contributed by atoms with Crippen molar-refractivity contribution >= 4 is 21.1 Å². The van der Waals surface area contributed by atoms with Gasteiger partial charge in [-0.3, -0.25) is 14.5 Å². The average Bonchev–Trinajstić information content (AvgIpc) is 3.00. The van der Waals surface area contributed by atoms with Gasteiger partial charge in [0, 0.05) is 26.2 Å². The minimum atomic E-state index is -4.39. The van der Waals surface area contributed by atoms with Gasteiger partial charge in [0.2, 0.25) is 10.0 Å². The van der Waals surface area contributed by atoms with Crippen LogP contribution in [0.4, 0.5) is 13.2 Å². The third kappa shape index (κ3) is 5.02. The number of H-pyrrole nitrogens is 2. The highest BCUT2D eigenvalue weighted by atomic mass is 32.2. The van der Waals surface area contributed by atoms with E-state index in [0.717, 1.165) is 12.1 Å². The lowest BCUT2D eigenvalue weighted by atomic mass is 10.1. The van der Waals surface area contributed by atoms with Crippen LogP contribution in [0.1, 0.15) is 17.5 Å². The predicted octanol–water partition coefficient (Wildman–Crippen LogP) is 2.13. The minimum Gasteiger partial charge on any atom is -0.316 e. The molecule has 3 aromatic rings. The van der Waals surface area contributed by atoms with E-state index in [9.17, 15) is 31.2 Å². The molecule has 0 atom stereocenters. The van der Waals surface area contributed by atoms with Crippen LogP contribution < -0.4 is 11.1 Å². The van der Waals surface area contributed by atoms with Crippen molar-refractivity contribution in [2.24, 2.45) is 0 Å². The van der Waals surface area contributed by atoms with Crippen molar-refractivity contribution in [3.8, 4) is 0 Å². The van der Waals surface area contributed by atoms with Gasteiger partial charge in [0.15, 0.2) is 0 Å². The van der Waals surface area contributed by atoms with Gasteiger partial charge in [-0.15, -0.1) is 0 Å². The summed E-state index contributed by atoms with van der Waals surface area (Å²) in [5.41, 5.74) is -1.16. The smallest absolute Gasteiger partial charge is 0.316 e. The number of nitrogens with one attached hydrogen (secondary N) is 2. The monoisotopic (exact) mass is 482 g/mol. The molecule has 1 aliphatic heterocycles. The summed E-state index contributed by atoms with van der Waals surface area (Å²) in [7, 11) is -3.85. The van der Waals surface area contributed by atoms with E-state index in [1.807, 2.05) is 4.90 Å². The van der Waals surface area contributed by atoms with Crippen LogP contribution >= 0.6 is 0 Å². The van der Waals surface area contributed by atoms with Gasteiger partial charge in [-0.05, 0) is 48.9 Å². The molecule has 2 aromatic carbocycles. The summed E-state index contributed by atoms with van der Waals surface area (Å²) in [6, 6.07) is 9.06. The van der Waals surface area contributed by atoms with Gasteiger partial charge in [0.05, 0.1) is 21.5 Å². The highest BCUT2D eigenvalue weighted by Crippen LogP contribution is 2.29. The van der Waals surface area contributed by atoms with Crippen LogP contribution in [-0.4, -0.2) is 53.8 Å². The van der Waals surface area contributed by atoms with Gasteiger partial charge in [-0.1, -0.05) is 12.1 Å². The quantitative estimate of drug-likeness (QED) is 0.555. The van der Waals surface area contributed by atoms with Crippen molar-refractivity contribution in [1.29, 1.82) is 0 Å². The first kappa shape index (κ1) is 23.2. The maximum Gasteiger partial charge on any atom is 0.416 e. The van der Waals surface area contributed by atoms with Crippen molar-refractivity contribution in [3.63, 3.8) is 0 Å². The van der Waals surface area contributed by atoms with Crippen molar-refractivity contribution in [3.05, 3.63) is 74.3 Å². The second kappa shape index (κ2) is 8.76. The summed E-state index contributed by atoms with van der Waals surface area (Å²) in [6.07, 6.45) is -3.83. The second-order valence-electron chi connectivity index (χ2n) is 7.84. The minimum absolute atomic E-state index is 0.00566. The Labute approximate surface area is 186 Å². The Balaban J connectivity index is 1.47. The third-order valence-electron chi connectivity index (χ3n) is 5.57. The van der Waals surface area contributed by atoms with E-state index >= 15 is 0 Å². The lowest BCUT2D eigenvalue weighted by Gasteiger charge is -2.22. The number of aromatic amines is 2. The third-order valence-corrected chi connectivity index (χ3v) is 7.46. The lowest BCUT2D eigenvalue weighted by Crippen LogP contribution is -2.35. The standard InChI is InChI=1S/C21H21F3N4O4S/c22-21(23,24)15-4-2-14(3-5-15)13-27-8-1-9-28(11-10-27)33(31,32)16-6-7-17-18(12-16)26-20(30)19(29)25-17/h2-7,12H,1,8-11,13H2,(H,25,29)(H,26,30). The molecule has 1 saturated heterocycles. The van der Waals surface area contributed by atoms with Crippen molar-refractivity contribution in [2.45, 2.75) is 24.0 Å². The molecule has 0 spiro atoms. The molecular formula is C21H21F3N4O4S. The van der Waals surface area contributed by atoms with Crippen LogP contribution in [0.2, 0.25) is 0 Å². The first-order valence-electron chi connectivity index (χ1n) is 10.2. The fraction of sp³-hybridized carbons (Fsp3) is 0.333. The number of aromatic nitrogens is 2. The Kier molecular flexibility index (Phi) is 6.16. The predicted molar refractivity (Wildman–Crippen MR) is 115 cm³/mol. The van der Waals surface area contributed by atoms with Gasteiger partial charge < -0.3 is 9.97 Å². The summed E-state index contributed by atoms with van der Waals surface area (Å²) < 4.78 is 65.9. The molecule has 33 heavy (non-hydrogen) atoms. The van der Waals surface area contributed by atoms with Gasteiger partial charge in [-0.25, -0.2) is 8.42 Å². The number of rotatable bonds is 4.